The molecule has 0 fully saturated rings. The number of hydrogen-bond acceptors (Lipinski definition) is 2. The van der Waals surface area contributed by atoms with Crippen molar-refractivity contribution >= 4 is 0 Å². The van der Waals surface area contributed by atoms with Gasteiger partial charge in [-0.2, -0.15) is 0 Å². The average Bonchev–Trinajstić information content (AvgIpc) is 2.39. The molecular weight excluding hydrogens is 255 g/mol. The molecule has 1 heterocycles. The van der Waals surface area contributed by atoms with Crippen LogP contribution in [0.5, 0.6) is 0 Å². The summed E-state index contributed by atoms with van der Waals surface area (Å²) in [4.78, 5) is 12.0. The number of pyridine rings is 1. The first-order valence-corrected chi connectivity index (χ1v) is 6.69. The number of rotatable bonds is 4. The van der Waals surface area contributed by atoms with Crippen molar-refractivity contribution in [1.82, 2.24) is 9.88 Å². The van der Waals surface area contributed by atoms with Crippen LogP contribution >= 0.6 is 0 Å². The molecule has 0 saturated heterocycles. The number of benzene rings is 1. The molecule has 0 bridgehead atoms. The third kappa shape index (κ3) is 3.14. The predicted molar refractivity (Wildman–Crippen MR) is 78.7 cm³/mol. The molecule has 0 spiro atoms. The summed E-state index contributed by atoms with van der Waals surface area (Å²) in [5.41, 5.74) is 1.78. The van der Waals surface area contributed by atoms with E-state index in [4.69, 9.17) is 0 Å². The third-order valence-corrected chi connectivity index (χ3v) is 3.13. The SMILES string of the molecule is Cc1cc(=O)c(CNC(C)C)cn1-c1ccccc1F. The monoisotopic (exact) mass is 274 g/mol. The van der Waals surface area contributed by atoms with Crippen LogP contribution in [-0.4, -0.2) is 10.6 Å². The van der Waals surface area contributed by atoms with E-state index in [0.717, 1.165) is 0 Å². The number of nitrogens with zero attached hydrogens (tertiary/aromatic N) is 1. The van der Waals surface area contributed by atoms with Gasteiger partial charge in [0.2, 0.25) is 0 Å². The lowest BCUT2D eigenvalue weighted by Crippen LogP contribution is -2.26. The van der Waals surface area contributed by atoms with Gasteiger partial charge in [0.1, 0.15) is 5.82 Å². The Hall–Kier alpha value is -1.94. The highest BCUT2D eigenvalue weighted by Gasteiger charge is 2.09. The van der Waals surface area contributed by atoms with Crippen LogP contribution in [0, 0.1) is 12.7 Å². The van der Waals surface area contributed by atoms with Crippen molar-refractivity contribution in [1.29, 1.82) is 0 Å². The minimum absolute atomic E-state index is 0.0248. The van der Waals surface area contributed by atoms with Crippen molar-refractivity contribution in [2.24, 2.45) is 0 Å². The second-order valence-corrected chi connectivity index (χ2v) is 5.16. The zero-order valence-corrected chi connectivity index (χ0v) is 12.0. The molecule has 1 aromatic carbocycles. The summed E-state index contributed by atoms with van der Waals surface area (Å²) < 4.78 is 15.6. The molecule has 20 heavy (non-hydrogen) atoms. The topological polar surface area (TPSA) is 34.0 Å². The fraction of sp³-hybridized carbons (Fsp3) is 0.312. The molecule has 0 saturated carbocycles. The Morgan fingerprint density at radius 1 is 1.30 bits per heavy atom. The fourth-order valence-corrected chi connectivity index (χ4v) is 2.03. The van der Waals surface area contributed by atoms with Crippen LogP contribution in [0.3, 0.4) is 0 Å². The Labute approximate surface area is 118 Å². The summed E-state index contributed by atoms with van der Waals surface area (Å²) in [6.45, 7) is 6.31. The van der Waals surface area contributed by atoms with E-state index in [1.54, 1.807) is 42.0 Å². The smallest absolute Gasteiger partial charge is 0.186 e. The quantitative estimate of drug-likeness (QED) is 0.930. The summed E-state index contributed by atoms with van der Waals surface area (Å²) in [5.74, 6) is -0.304. The van der Waals surface area contributed by atoms with Crippen molar-refractivity contribution < 1.29 is 4.39 Å². The van der Waals surface area contributed by atoms with Crippen molar-refractivity contribution in [3.05, 3.63) is 63.8 Å². The van der Waals surface area contributed by atoms with Crippen molar-refractivity contribution in [2.45, 2.75) is 33.4 Å². The molecule has 0 aliphatic heterocycles. The maximum Gasteiger partial charge on any atom is 0.186 e. The molecule has 106 valence electrons. The summed E-state index contributed by atoms with van der Waals surface area (Å²) in [6.07, 6.45) is 1.71. The number of nitrogens with one attached hydrogen (secondary N) is 1. The zero-order chi connectivity index (χ0) is 14.7. The molecule has 1 N–H and O–H groups in total. The maximum atomic E-state index is 13.9. The van der Waals surface area contributed by atoms with Crippen LogP contribution < -0.4 is 10.7 Å². The molecule has 0 aliphatic rings. The molecule has 2 aromatic rings. The van der Waals surface area contributed by atoms with E-state index in [1.807, 2.05) is 13.8 Å². The molecule has 0 aliphatic carbocycles. The lowest BCUT2D eigenvalue weighted by Gasteiger charge is -2.14. The molecule has 4 heteroatoms. The van der Waals surface area contributed by atoms with E-state index < -0.39 is 0 Å². The summed E-state index contributed by atoms with van der Waals surface area (Å²) in [6, 6.07) is 8.38. The first-order chi connectivity index (χ1) is 9.49. The molecule has 0 unspecified atom stereocenters. The zero-order valence-electron chi connectivity index (χ0n) is 12.0. The van der Waals surface area contributed by atoms with Gasteiger partial charge in [-0.05, 0) is 19.1 Å². The van der Waals surface area contributed by atoms with Crippen LogP contribution in [0.2, 0.25) is 0 Å². The Balaban J connectivity index is 2.46. The van der Waals surface area contributed by atoms with Gasteiger partial charge in [-0.25, -0.2) is 4.39 Å². The number of aromatic nitrogens is 1. The number of halogens is 1. The normalized spacial score (nSPS) is 11.1. The molecule has 2 rings (SSSR count). The molecule has 3 nitrogen and oxygen atoms in total. The van der Waals surface area contributed by atoms with Crippen LogP contribution in [-0.2, 0) is 6.54 Å². The highest BCUT2D eigenvalue weighted by atomic mass is 19.1. The van der Waals surface area contributed by atoms with E-state index >= 15 is 0 Å². The second kappa shape index (κ2) is 6.01. The van der Waals surface area contributed by atoms with Gasteiger partial charge in [0.05, 0.1) is 5.69 Å². The molecule has 0 atom stereocenters. The van der Waals surface area contributed by atoms with Crippen LogP contribution in [0.25, 0.3) is 5.69 Å². The third-order valence-electron chi connectivity index (χ3n) is 3.13. The van der Waals surface area contributed by atoms with Crippen LogP contribution in [0.4, 0.5) is 4.39 Å². The Morgan fingerprint density at radius 3 is 2.65 bits per heavy atom. The van der Waals surface area contributed by atoms with E-state index in [2.05, 4.69) is 5.32 Å². The largest absolute Gasteiger partial charge is 0.318 e. The van der Waals surface area contributed by atoms with E-state index in [9.17, 15) is 9.18 Å². The van der Waals surface area contributed by atoms with E-state index in [1.165, 1.54) is 6.07 Å². The van der Waals surface area contributed by atoms with Gasteiger partial charge < -0.3 is 9.88 Å². The number of para-hydroxylation sites is 1. The first kappa shape index (κ1) is 14.5. The van der Waals surface area contributed by atoms with Crippen LogP contribution in [0.15, 0.2) is 41.3 Å². The fourth-order valence-electron chi connectivity index (χ4n) is 2.03. The maximum absolute atomic E-state index is 13.9. The van der Waals surface area contributed by atoms with Gasteiger partial charge in [0.15, 0.2) is 5.43 Å². The minimum Gasteiger partial charge on any atom is -0.318 e. The lowest BCUT2D eigenvalue weighted by molar-refractivity contribution is 0.583. The van der Waals surface area contributed by atoms with Crippen molar-refractivity contribution in [3.8, 4) is 5.69 Å². The first-order valence-electron chi connectivity index (χ1n) is 6.69. The van der Waals surface area contributed by atoms with Gasteiger partial charge in [-0.15, -0.1) is 0 Å². The summed E-state index contributed by atoms with van der Waals surface area (Å²) in [7, 11) is 0. The van der Waals surface area contributed by atoms with Gasteiger partial charge in [0, 0.05) is 36.1 Å². The van der Waals surface area contributed by atoms with Gasteiger partial charge in [-0.1, -0.05) is 26.0 Å². The predicted octanol–water partition coefficient (Wildman–Crippen LogP) is 2.78. The lowest BCUT2D eigenvalue weighted by atomic mass is 10.2. The Morgan fingerprint density at radius 2 is 2.00 bits per heavy atom. The summed E-state index contributed by atoms with van der Waals surface area (Å²) in [5, 5.41) is 3.21. The molecule has 1 aromatic heterocycles. The second-order valence-electron chi connectivity index (χ2n) is 5.16. The van der Waals surface area contributed by atoms with Gasteiger partial charge in [-0.3, -0.25) is 4.79 Å². The molecule has 0 amide bonds. The van der Waals surface area contributed by atoms with E-state index in [0.29, 0.717) is 23.5 Å². The van der Waals surface area contributed by atoms with Crippen LogP contribution in [0.1, 0.15) is 25.1 Å². The highest BCUT2D eigenvalue weighted by molar-refractivity contribution is 5.36. The Bertz CT molecular complexity index is 662. The number of aryl methyl sites for hydroxylation is 1. The molecule has 0 radical (unpaired) electrons. The minimum atomic E-state index is -0.304. The number of hydrogen-bond donors (Lipinski definition) is 1. The van der Waals surface area contributed by atoms with Crippen molar-refractivity contribution in [3.63, 3.8) is 0 Å². The summed E-state index contributed by atoms with van der Waals surface area (Å²) >= 11 is 0. The van der Waals surface area contributed by atoms with Gasteiger partial charge in [0.25, 0.3) is 0 Å². The average molecular weight is 274 g/mol. The highest BCUT2D eigenvalue weighted by Crippen LogP contribution is 2.14. The van der Waals surface area contributed by atoms with Gasteiger partial charge >= 0.3 is 0 Å². The van der Waals surface area contributed by atoms with Crippen molar-refractivity contribution in [2.75, 3.05) is 0 Å². The Kier molecular flexibility index (Phi) is 4.35. The van der Waals surface area contributed by atoms with E-state index in [-0.39, 0.29) is 17.3 Å². The molecular formula is C16H19FN2O. The standard InChI is InChI=1S/C16H19FN2O/c1-11(2)18-9-13-10-19(12(3)8-16(13)20)15-7-5-4-6-14(15)17/h4-8,10-11,18H,9H2,1-3H3.